The monoisotopic (exact) mass is 263 g/mol. The molecule has 1 aromatic heterocycles. The lowest BCUT2D eigenvalue weighted by atomic mass is 10.1. The first-order chi connectivity index (χ1) is 9.20. The molecule has 0 unspecified atom stereocenters. The summed E-state index contributed by atoms with van der Waals surface area (Å²) in [6.07, 6.45) is 7.47. The Morgan fingerprint density at radius 2 is 2.16 bits per heavy atom. The number of carboxylic acid groups (broad SMARTS) is 1. The van der Waals surface area contributed by atoms with Crippen LogP contribution in [0.5, 0.6) is 5.88 Å². The highest BCUT2D eigenvalue weighted by Crippen LogP contribution is 2.26. The summed E-state index contributed by atoms with van der Waals surface area (Å²) in [4.78, 5) is 15.6. The maximum Gasteiger partial charge on any atom is 0.341 e. The van der Waals surface area contributed by atoms with Crippen LogP contribution in [-0.4, -0.2) is 22.2 Å². The SMILES string of the molecule is CCCCc1ccc(C(=O)O)c(OC2CCCC2)n1. The van der Waals surface area contributed by atoms with Gasteiger partial charge in [0.1, 0.15) is 11.7 Å². The molecule has 1 aliphatic carbocycles. The lowest BCUT2D eigenvalue weighted by molar-refractivity contribution is 0.0687. The molecule has 0 atom stereocenters. The molecule has 19 heavy (non-hydrogen) atoms. The van der Waals surface area contributed by atoms with E-state index in [2.05, 4.69) is 11.9 Å². The van der Waals surface area contributed by atoms with Crippen LogP contribution >= 0.6 is 0 Å². The molecule has 1 aromatic rings. The van der Waals surface area contributed by atoms with Gasteiger partial charge in [0.25, 0.3) is 0 Å². The molecule has 0 saturated heterocycles. The Morgan fingerprint density at radius 1 is 1.42 bits per heavy atom. The standard InChI is InChI=1S/C15H21NO3/c1-2-3-6-11-9-10-13(15(17)18)14(16-11)19-12-7-4-5-8-12/h9-10,12H,2-8H2,1H3,(H,17,18). The second kappa shape index (κ2) is 6.55. The summed E-state index contributed by atoms with van der Waals surface area (Å²) in [6.45, 7) is 2.13. The van der Waals surface area contributed by atoms with Gasteiger partial charge in [0.15, 0.2) is 0 Å². The summed E-state index contributed by atoms with van der Waals surface area (Å²) < 4.78 is 5.80. The first-order valence-corrected chi connectivity index (χ1v) is 7.10. The van der Waals surface area contributed by atoms with Crippen LogP contribution < -0.4 is 4.74 Å². The number of ether oxygens (including phenoxy) is 1. The third-order valence-electron chi connectivity index (χ3n) is 3.52. The van der Waals surface area contributed by atoms with E-state index in [1.54, 1.807) is 12.1 Å². The predicted octanol–water partition coefficient (Wildman–Crippen LogP) is 3.44. The number of hydrogen-bond acceptors (Lipinski definition) is 3. The molecule has 1 N–H and O–H groups in total. The Hall–Kier alpha value is -1.58. The minimum absolute atomic E-state index is 0.132. The molecule has 0 spiro atoms. The molecule has 1 fully saturated rings. The molecule has 4 nitrogen and oxygen atoms in total. The summed E-state index contributed by atoms with van der Waals surface area (Å²) in [5.74, 6) is -0.671. The smallest absolute Gasteiger partial charge is 0.341 e. The van der Waals surface area contributed by atoms with Crippen molar-refractivity contribution < 1.29 is 14.6 Å². The average molecular weight is 263 g/mol. The third-order valence-corrected chi connectivity index (χ3v) is 3.52. The second-order valence-electron chi connectivity index (χ2n) is 5.09. The Bertz CT molecular complexity index is 439. The van der Waals surface area contributed by atoms with Crippen molar-refractivity contribution in [2.45, 2.75) is 58.0 Å². The van der Waals surface area contributed by atoms with Gasteiger partial charge in [-0.2, -0.15) is 0 Å². The molecule has 104 valence electrons. The lowest BCUT2D eigenvalue weighted by Crippen LogP contribution is -2.15. The van der Waals surface area contributed by atoms with Gasteiger partial charge in [0, 0.05) is 5.69 Å². The van der Waals surface area contributed by atoms with E-state index in [-0.39, 0.29) is 11.7 Å². The summed E-state index contributed by atoms with van der Waals surface area (Å²) in [5, 5.41) is 9.19. The normalized spacial score (nSPS) is 15.6. The molecule has 0 bridgehead atoms. The van der Waals surface area contributed by atoms with Gasteiger partial charge in [-0.3, -0.25) is 0 Å². The van der Waals surface area contributed by atoms with Crippen molar-refractivity contribution >= 4 is 5.97 Å². The van der Waals surface area contributed by atoms with Crippen LogP contribution in [0.25, 0.3) is 0 Å². The van der Waals surface area contributed by atoms with Gasteiger partial charge in [-0.05, 0) is 50.7 Å². The van der Waals surface area contributed by atoms with Crippen LogP contribution in [0, 0.1) is 0 Å². The highest BCUT2D eigenvalue weighted by atomic mass is 16.5. The molecule has 0 aliphatic heterocycles. The van der Waals surface area contributed by atoms with Crippen LogP contribution in [0.15, 0.2) is 12.1 Å². The number of aryl methyl sites for hydroxylation is 1. The van der Waals surface area contributed by atoms with E-state index in [9.17, 15) is 9.90 Å². The largest absolute Gasteiger partial charge is 0.477 e. The van der Waals surface area contributed by atoms with E-state index < -0.39 is 5.97 Å². The highest BCUT2D eigenvalue weighted by molar-refractivity contribution is 5.90. The topological polar surface area (TPSA) is 59.4 Å². The fourth-order valence-corrected chi connectivity index (χ4v) is 2.39. The van der Waals surface area contributed by atoms with Crippen molar-refractivity contribution in [3.63, 3.8) is 0 Å². The molecule has 1 saturated carbocycles. The zero-order chi connectivity index (χ0) is 13.7. The van der Waals surface area contributed by atoms with Crippen LogP contribution in [0.3, 0.4) is 0 Å². The number of rotatable bonds is 6. The van der Waals surface area contributed by atoms with E-state index in [0.717, 1.165) is 50.6 Å². The van der Waals surface area contributed by atoms with E-state index >= 15 is 0 Å². The average Bonchev–Trinajstić information content (AvgIpc) is 2.89. The van der Waals surface area contributed by atoms with Gasteiger partial charge < -0.3 is 9.84 Å². The fourth-order valence-electron chi connectivity index (χ4n) is 2.39. The number of aromatic carboxylic acids is 1. The molecule has 0 radical (unpaired) electrons. The van der Waals surface area contributed by atoms with E-state index in [4.69, 9.17) is 4.74 Å². The summed E-state index contributed by atoms with van der Waals surface area (Å²) in [7, 11) is 0. The number of aromatic nitrogens is 1. The first-order valence-electron chi connectivity index (χ1n) is 7.10. The van der Waals surface area contributed by atoms with Crippen molar-refractivity contribution in [1.82, 2.24) is 4.98 Å². The first kappa shape index (κ1) is 13.8. The van der Waals surface area contributed by atoms with Crippen molar-refractivity contribution in [1.29, 1.82) is 0 Å². The maximum absolute atomic E-state index is 11.2. The highest BCUT2D eigenvalue weighted by Gasteiger charge is 2.21. The van der Waals surface area contributed by atoms with Crippen LogP contribution in [0.2, 0.25) is 0 Å². The van der Waals surface area contributed by atoms with Gasteiger partial charge in [-0.1, -0.05) is 13.3 Å². The minimum Gasteiger partial charge on any atom is -0.477 e. The summed E-state index contributed by atoms with van der Waals surface area (Å²) in [6, 6.07) is 3.41. The molecule has 1 heterocycles. The fraction of sp³-hybridized carbons (Fsp3) is 0.600. The number of carbonyl (C=O) groups is 1. The molecule has 0 aromatic carbocycles. The number of carboxylic acids is 1. The van der Waals surface area contributed by atoms with E-state index in [1.807, 2.05) is 0 Å². The van der Waals surface area contributed by atoms with Gasteiger partial charge in [0.05, 0.1) is 0 Å². The van der Waals surface area contributed by atoms with Crippen LogP contribution in [-0.2, 0) is 6.42 Å². The number of nitrogens with zero attached hydrogens (tertiary/aromatic N) is 1. The molecule has 1 aliphatic rings. The Balaban J connectivity index is 2.17. The van der Waals surface area contributed by atoms with Crippen molar-refractivity contribution in [3.05, 3.63) is 23.4 Å². The van der Waals surface area contributed by atoms with Crippen molar-refractivity contribution in [3.8, 4) is 5.88 Å². The zero-order valence-corrected chi connectivity index (χ0v) is 11.4. The molecule has 0 amide bonds. The molecule has 4 heteroatoms. The summed E-state index contributed by atoms with van der Waals surface area (Å²) in [5.41, 5.74) is 1.09. The van der Waals surface area contributed by atoms with Crippen LogP contribution in [0.4, 0.5) is 0 Å². The van der Waals surface area contributed by atoms with Crippen molar-refractivity contribution in [2.75, 3.05) is 0 Å². The molecule has 2 rings (SSSR count). The second-order valence-corrected chi connectivity index (χ2v) is 5.09. The molecular formula is C15H21NO3. The van der Waals surface area contributed by atoms with Gasteiger partial charge >= 0.3 is 5.97 Å². The Labute approximate surface area is 113 Å². The van der Waals surface area contributed by atoms with Gasteiger partial charge in [-0.15, -0.1) is 0 Å². The number of unbranched alkanes of at least 4 members (excludes halogenated alkanes) is 1. The van der Waals surface area contributed by atoms with E-state index in [0.29, 0.717) is 5.88 Å². The van der Waals surface area contributed by atoms with Crippen LogP contribution in [0.1, 0.15) is 61.5 Å². The maximum atomic E-state index is 11.2. The van der Waals surface area contributed by atoms with Gasteiger partial charge in [0.2, 0.25) is 5.88 Å². The number of pyridine rings is 1. The minimum atomic E-state index is -0.970. The Kier molecular flexibility index (Phi) is 4.77. The predicted molar refractivity (Wildman–Crippen MR) is 72.7 cm³/mol. The zero-order valence-electron chi connectivity index (χ0n) is 11.4. The lowest BCUT2D eigenvalue weighted by Gasteiger charge is -2.14. The number of hydrogen-bond donors (Lipinski definition) is 1. The van der Waals surface area contributed by atoms with Gasteiger partial charge in [-0.25, -0.2) is 9.78 Å². The third kappa shape index (κ3) is 3.69. The quantitative estimate of drug-likeness (QED) is 0.854. The molecular weight excluding hydrogens is 242 g/mol. The summed E-state index contributed by atoms with van der Waals surface area (Å²) >= 11 is 0. The van der Waals surface area contributed by atoms with E-state index in [1.165, 1.54) is 0 Å². The van der Waals surface area contributed by atoms with Crippen molar-refractivity contribution in [2.24, 2.45) is 0 Å². The Morgan fingerprint density at radius 3 is 2.79 bits per heavy atom.